The van der Waals surface area contributed by atoms with Gasteiger partial charge in [0.15, 0.2) is 34.4 Å². The number of ketones is 1. The highest BCUT2D eigenvalue weighted by Crippen LogP contribution is 2.43. The minimum Gasteiger partial charge on any atom is -0.493 e. The molecule has 5 rings (SSSR count). The minimum absolute atomic E-state index is 0.000796. The van der Waals surface area contributed by atoms with E-state index < -0.39 is 0 Å². The van der Waals surface area contributed by atoms with Gasteiger partial charge in [0.2, 0.25) is 5.75 Å². The molecule has 0 amide bonds. The summed E-state index contributed by atoms with van der Waals surface area (Å²) >= 11 is 0. The maximum atomic E-state index is 13.4. The molecule has 204 valence electrons. The molecule has 2 heterocycles. The van der Waals surface area contributed by atoms with E-state index in [0.29, 0.717) is 64.2 Å². The Morgan fingerprint density at radius 3 is 2.15 bits per heavy atom. The molecule has 0 bridgehead atoms. The lowest BCUT2D eigenvalue weighted by atomic mass is 9.82. The van der Waals surface area contributed by atoms with Crippen molar-refractivity contribution < 1.29 is 33.2 Å². The number of hydrogen-bond acceptors (Lipinski definition) is 9. The summed E-state index contributed by atoms with van der Waals surface area (Å²) in [6, 6.07) is 9.46. The first-order chi connectivity index (χ1) is 19.0. The maximum Gasteiger partial charge on any atom is 0.203 e. The van der Waals surface area contributed by atoms with Gasteiger partial charge in [-0.2, -0.15) is 5.10 Å². The van der Waals surface area contributed by atoms with Crippen LogP contribution >= 0.6 is 0 Å². The van der Waals surface area contributed by atoms with Crippen molar-refractivity contribution in [3.8, 4) is 39.9 Å². The number of methoxy groups -OCH3 is 6. The van der Waals surface area contributed by atoms with E-state index in [1.165, 1.54) is 0 Å². The molecule has 0 N–H and O–H groups in total. The van der Waals surface area contributed by atoms with Crippen molar-refractivity contribution in [3.05, 3.63) is 59.0 Å². The molecule has 0 saturated carbocycles. The van der Waals surface area contributed by atoms with E-state index in [1.807, 2.05) is 30.3 Å². The second-order valence-corrected chi connectivity index (χ2v) is 9.18. The molecule has 2 aromatic carbocycles. The monoisotopic (exact) mass is 533 g/mol. The molecule has 10 heteroatoms. The smallest absolute Gasteiger partial charge is 0.203 e. The predicted molar refractivity (Wildman–Crippen MR) is 144 cm³/mol. The van der Waals surface area contributed by atoms with E-state index in [1.54, 1.807) is 53.4 Å². The maximum absolute atomic E-state index is 13.4. The fourth-order valence-electron chi connectivity index (χ4n) is 5.18. The van der Waals surface area contributed by atoms with Crippen LogP contribution in [0.2, 0.25) is 0 Å². The normalized spacial score (nSPS) is 14.7. The molecule has 1 aliphatic rings. The Hall–Kier alpha value is -4.31. The third kappa shape index (κ3) is 4.61. The highest BCUT2D eigenvalue weighted by atomic mass is 16.5. The Bertz CT molecular complexity index is 1520. The van der Waals surface area contributed by atoms with Crippen LogP contribution in [-0.4, -0.2) is 63.0 Å². The summed E-state index contributed by atoms with van der Waals surface area (Å²) in [4.78, 5) is 18.4. The van der Waals surface area contributed by atoms with Crippen LogP contribution in [0.5, 0.6) is 28.7 Å². The van der Waals surface area contributed by atoms with Crippen molar-refractivity contribution >= 4 is 11.4 Å². The molecular formula is C29H31N3O7. The molecule has 4 aromatic rings. The number of fused-ring (bicyclic) bond motifs is 2. The average molecular weight is 534 g/mol. The van der Waals surface area contributed by atoms with E-state index in [-0.39, 0.29) is 18.3 Å². The third-order valence-corrected chi connectivity index (χ3v) is 7.04. The zero-order valence-electron chi connectivity index (χ0n) is 22.9. The summed E-state index contributed by atoms with van der Waals surface area (Å²) in [7, 11) is 9.53. The molecular weight excluding hydrogens is 502 g/mol. The van der Waals surface area contributed by atoms with Crippen LogP contribution in [0.25, 0.3) is 16.8 Å². The van der Waals surface area contributed by atoms with Gasteiger partial charge in [-0.15, -0.1) is 0 Å². The predicted octanol–water partition coefficient (Wildman–Crippen LogP) is 4.50. The van der Waals surface area contributed by atoms with Crippen molar-refractivity contribution in [2.24, 2.45) is 0 Å². The van der Waals surface area contributed by atoms with Crippen molar-refractivity contribution in [1.29, 1.82) is 0 Å². The summed E-state index contributed by atoms with van der Waals surface area (Å²) < 4.78 is 34.6. The molecule has 1 atom stereocenters. The van der Waals surface area contributed by atoms with Gasteiger partial charge in [0.1, 0.15) is 0 Å². The van der Waals surface area contributed by atoms with Crippen molar-refractivity contribution in [3.63, 3.8) is 0 Å². The van der Waals surface area contributed by atoms with Gasteiger partial charge in [0, 0.05) is 19.7 Å². The SMILES string of the molecule is COCc1nn2cc3c(nc2c1-c1ccc(OC)c(OC)c1)CC(c1cc(OC)c(OC)c(OC)c1)CC3=O. The van der Waals surface area contributed by atoms with Crippen molar-refractivity contribution in [2.75, 3.05) is 42.7 Å². The number of ether oxygens (including phenoxy) is 6. The van der Waals surface area contributed by atoms with Gasteiger partial charge in [-0.25, -0.2) is 9.50 Å². The van der Waals surface area contributed by atoms with Gasteiger partial charge < -0.3 is 28.4 Å². The van der Waals surface area contributed by atoms with E-state index in [0.717, 1.165) is 16.7 Å². The summed E-state index contributed by atoms with van der Waals surface area (Å²) in [6.07, 6.45) is 2.66. The topological polar surface area (TPSA) is 103 Å². The molecule has 0 aliphatic heterocycles. The van der Waals surface area contributed by atoms with E-state index in [4.69, 9.17) is 38.5 Å². The fourth-order valence-corrected chi connectivity index (χ4v) is 5.18. The molecule has 2 aromatic heterocycles. The molecule has 39 heavy (non-hydrogen) atoms. The van der Waals surface area contributed by atoms with Gasteiger partial charge >= 0.3 is 0 Å². The largest absolute Gasteiger partial charge is 0.493 e. The summed E-state index contributed by atoms with van der Waals surface area (Å²) in [5, 5.41) is 4.72. The first-order valence-electron chi connectivity index (χ1n) is 12.4. The number of aromatic nitrogens is 3. The van der Waals surface area contributed by atoms with Crippen LogP contribution in [0, 0.1) is 0 Å². The average Bonchev–Trinajstić information content (AvgIpc) is 3.31. The van der Waals surface area contributed by atoms with Gasteiger partial charge in [-0.05, 0) is 47.7 Å². The highest BCUT2D eigenvalue weighted by molar-refractivity contribution is 5.99. The molecule has 0 radical (unpaired) electrons. The van der Waals surface area contributed by atoms with Crippen molar-refractivity contribution in [1.82, 2.24) is 14.6 Å². The number of Topliss-reactive ketones (excluding diaryl/α,β-unsaturated/α-hetero) is 1. The number of nitrogens with zero attached hydrogens (tertiary/aromatic N) is 3. The van der Waals surface area contributed by atoms with Crippen LogP contribution in [-0.2, 0) is 17.8 Å². The minimum atomic E-state index is -0.112. The number of carbonyl (C=O) groups is 1. The Morgan fingerprint density at radius 2 is 1.54 bits per heavy atom. The zero-order valence-corrected chi connectivity index (χ0v) is 22.9. The Balaban J connectivity index is 1.63. The van der Waals surface area contributed by atoms with E-state index >= 15 is 0 Å². The van der Waals surface area contributed by atoms with Crippen molar-refractivity contribution in [2.45, 2.75) is 25.4 Å². The number of benzene rings is 2. The quantitative estimate of drug-likeness (QED) is 0.308. The Kier molecular flexibility index (Phi) is 7.30. The van der Waals surface area contributed by atoms with Crippen LogP contribution in [0.3, 0.4) is 0 Å². The van der Waals surface area contributed by atoms with Crippen LogP contribution in [0.1, 0.15) is 39.6 Å². The highest BCUT2D eigenvalue weighted by Gasteiger charge is 2.31. The summed E-state index contributed by atoms with van der Waals surface area (Å²) in [5.41, 5.74) is 5.19. The molecule has 10 nitrogen and oxygen atoms in total. The Morgan fingerprint density at radius 1 is 0.846 bits per heavy atom. The van der Waals surface area contributed by atoms with Gasteiger partial charge in [-0.3, -0.25) is 4.79 Å². The number of rotatable bonds is 9. The standard InChI is InChI=1S/C29H31N3O7/c1-34-15-21-27(16-7-8-23(35-2)24(11-16)36-3)29-30-20-9-17(10-22(33)19(20)14-32(29)31-21)18-12-25(37-4)28(39-6)26(13-18)38-5/h7-8,11-14,17H,9-10,15H2,1-6H3. The van der Waals surface area contributed by atoms with E-state index in [2.05, 4.69) is 0 Å². The lowest BCUT2D eigenvalue weighted by Crippen LogP contribution is -2.21. The van der Waals surface area contributed by atoms with Crippen LogP contribution in [0.15, 0.2) is 36.5 Å². The van der Waals surface area contributed by atoms with E-state index in [9.17, 15) is 4.79 Å². The lowest BCUT2D eigenvalue weighted by molar-refractivity contribution is 0.0962. The lowest BCUT2D eigenvalue weighted by Gasteiger charge is -2.24. The molecule has 0 fully saturated rings. The third-order valence-electron chi connectivity index (χ3n) is 7.04. The van der Waals surface area contributed by atoms with Crippen LogP contribution in [0.4, 0.5) is 0 Å². The molecule has 0 saturated heterocycles. The number of hydrogen-bond donors (Lipinski definition) is 0. The second-order valence-electron chi connectivity index (χ2n) is 9.18. The molecule has 1 unspecified atom stereocenters. The zero-order chi connectivity index (χ0) is 27.7. The summed E-state index contributed by atoms with van der Waals surface area (Å²) in [6.45, 7) is 0.277. The first-order valence-corrected chi connectivity index (χ1v) is 12.4. The first kappa shape index (κ1) is 26.3. The number of carbonyl (C=O) groups excluding carboxylic acids is 1. The molecule has 1 aliphatic carbocycles. The van der Waals surface area contributed by atoms with Gasteiger partial charge in [-0.1, -0.05) is 6.07 Å². The second kappa shape index (κ2) is 10.8. The molecule has 0 spiro atoms. The van der Waals surface area contributed by atoms with Gasteiger partial charge in [0.05, 0.1) is 64.7 Å². The fraction of sp³-hybridized carbons (Fsp3) is 0.345. The Labute approximate surface area is 226 Å². The van der Waals surface area contributed by atoms with Gasteiger partial charge in [0.25, 0.3) is 0 Å². The van der Waals surface area contributed by atoms with Crippen LogP contribution < -0.4 is 23.7 Å². The summed E-state index contributed by atoms with van der Waals surface area (Å²) in [5.74, 6) is 2.70.